The van der Waals surface area contributed by atoms with E-state index in [1.54, 1.807) is 7.11 Å². The fourth-order valence-electron chi connectivity index (χ4n) is 1.84. The highest BCUT2D eigenvalue weighted by Crippen LogP contribution is 2.50. The molecule has 2 nitrogen and oxygen atoms in total. The van der Waals surface area contributed by atoms with Gasteiger partial charge in [0.25, 0.3) is 0 Å². The first-order valence-electron chi connectivity index (χ1n) is 5.10. The molecule has 1 atom stereocenters. The van der Waals surface area contributed by atoms with Crippen LogP contribution in [0.15, 0.2) is 17.4 Å². The molecule has 1 aliphatic carbocycles. The average Bonchev–Trinajstić information content (AvgIpc) is 2.15. The lowest BCUT2D eigenvalue weighted by Gasteiger charge is -2.46. The molecule has 0 saturated heterocycles. The Balaban J connectivity index is 2.43. The lowest BCUT2D eigenvalue weighted by Crippen LogP contribution is -2.40. The van der Waals surface area contributed by atoms with E-state index in [9.17, 15) is 0 Å². The molecule has 0 amide bonds. The predicted octanol–water partition coefficient (Wildman–Crippen LogP) is 2.75. The number of hydrogen-bond acceptors (Lipinski definition) is 2. The maximum absolute atomic E-state index is 5.38. The van der Waals surface area contributed by atoms with Crippen LogP contribution in [0.25, 0.3) is 0 Å². The summed E-state index contributed by atoms with van der Waals surface area (Å²) in [7, 11) is 1.65. The highest BCUT2D eigenvalue weighted by molar-refractivity contribution is 5.23. The van der Waals surface area contributed by atoms with Crippen LogP contribution in [0.3, 0.4) is 0 Å². The molecule has 0 aromatic rings. The molecule has 0 radical (unpaired) electrons. The highest BCUT2D eigenvalue weighted by atomic mass is 16.7. The molecule has 1 fully saturated rings. The van der Waals surface area contributed by atoms with Crippen molar-refractivity contribution in [3.05, 3.63) is 17.4 Å². The highest BCUT2D eigenvalue weighted by Gasteiger charge is 2.43. The van der Waals surface area contributed by atoms with Gasteiger partial charge in [0, 0.05) is 7.11 Å². The van der Waals surface area contributed by atoms with Crippen LogP contribution in [0.2, 0.25) is 0 Å². The van der Waals surface area contributed by atoms with Crippen molar-refractivity contribution in [2.24, 2.45) is 11.3 Å². The van der Waals surface area contributed by atoms with Crippen LogP contribution in [0.4, 0.5) is 0 Å². The Bertz CT molecular complexity index is 247. The van der Waals surface area contributed by atoms with Crippen molar-refractivity contribution in [3.63, 3.8) is 0 Å². The fourth-order valence-corrected chi connectivity index (χ4v) is 1.84. The molecule has 0 spiro atoms. The average molecular weight is 196 g/mol. The van der Waals surface area contributed by atoms with Crippen molar-refractivity contribution >= 4 is 0 Å². The quantitative estimate of drug-likeness (QED) is 0.391. The van der Waals surface area contributed by atoms with Gasteiger partial charge in [0.15, 0.2) is 0 Å². The Morgan fingerprint density at radius 1 is 1.57 bits per heavy atom. The van der Waals surface area contributed by atoms with Gasteiger partial charge in [-0.25, -0.2) is 0 Å². The van der Waals surface area contributed by atoms with Crippen molar-refractivity contribution in [2.75, 3.05) is 20.5 Å². The third-order valence-electron chi connectivity index (χ3n) is 3.09. The Morgan fingerprint density at radius 2 is 2.29 bits per heavy atom. The van der Waals surface area contributed by atoms with Gasteiger partial charge in [0.05, 0.1) is 6.61 Å². The molecule has 0 aromatic heterocycles. The standard InChI is InChI=1S/C12H20O2/c1-5-6-10-7-11(12(10,2)3)8-14-9-13-4/h5,11H,7-9H2,1-4H3. The fraction of sp³-hybridized carbons (Fsp3) is 0.750. The Hall–Kier alpha value is -0.560. The van der Waals surface area contributed by atoms with Crippen LogP contribution in [0, 0.1) is 11.3 Å². The van der Waals surface area contributed by atoms with Gasteiger partial charge in [-0.15, -0.1) is 5.73 Å². The second-order valence-corrected chi connectivity index (χ2v) is 4.31. The maximum Gasteiger partial charge on any atom is 0.146 e. The number of hydrogen-bond donors (Lipinski definition) is 0. The zero-order valence-electron chi connectivity index (χ0n) is 9.59. The van der Waals surface area contributed by atoms with Crippen molar-refractivity contribution in [3.8, 4) is 0 Å². The number of allylic oxidation sites excluding steroid dienone is 1. The molecule has 0 heterocycles. The first-order valence-corrected chi connectivity index (χ1v) is 5.10. The number of rotatable bonds is 4. The number of methoxy groups -OCH3 is 1. The summed E-state index contributed by atoms with van der Waals surface area (Å²) < 4.78 is 10.2. The Morgan fingerprint density at radius 3 is 2.79 bits per heavy atom. The Kier molecular flexibility index (Phi) is 3.94. The van der Waals surface area contributed by atoms with E-state index in [0.29, 0.717) is 12.7 Å². The second kappa shape index (κ2) is 4.79. The van der Waals surface area contributed by atoms with Gasteiger partial charge in [-0.3, -0.25) is 0 Å². The molecule has 1 aliphatic rings. The second-order valence-electron chi connectivity index (χ2n) is 4.31. The van der Waals surface area contributed by atoms with E-state index in [1.165, 1.54) is 5.57 Å². The van der Waals surface area contributed by atoms with Crippen LogP contribution in [-0.4, -0.2) is 20.5 Å². The number of ether oxygens (including phenoxy) is 2. The molecular weight excluding hydrogens is 176 g/mol. The van der Waals surface area contributed by atoms with Crippen LogP contribution >= 0.6 is 0 Å². The van der Waals surface area contributed by atoms with E-state index in [-0.39, 0.29) is 5.41 Å². The summed E-state index contributed by atoms with van der Waals surface area (Å²) in [6.07, 6.45) is 3.10. The summed E-state index contributed by atoms with van der Waals surface area (Å²) >= 11 is 0. The summed E-state index contributed by atoms with van der Waals surface area (Å²) in [5, 5.41) is 0. The summed E-state index contributed by atoms with van der Waals surface area (Å²) in [5.41, 5.74) is 4.96. The third kappa shape index (κ3) is 2.27. The van der Waals surface area contributed by atoms with Crippen molar-refractivity contribution < 1.29 is 9.47 Å². The normalized spacial score (nSPS) is 24.0. The minimum atomic E-state index is 0.250. The lowest BCUT2D eigenvalue weighted by atomic mass is 9.59. The SMILES string of the molecule is CC=C=C1CC(COCOC)C1(C)C. The summed E-state index contributed by atoms with van der Waals surface area (Å²) in [4.78, 5) is 0. The Labute approximate surface area is 86.6 Å². The van der Waals surface area contributed by atoms with Crippen molar-refractivity contribution in [2.45, 2.75) is 27.2 Å². The van der Waals surface area contributed by atoms with E-state index in [4.69, 9.17) is 9.47 Å². The molecule has 1 saturated carbocycles. The van der Waals surface area contributed by atoms with Crippen LogP contribution in [0.1, 0.15) is 27.2 Å². The van der Waals surface area contributed by atoms with Gasteiger partial charge in [-0.1, -0.05) is 13.8 Å². The summed E-state index contributed by atoms with van der Waals surface area (Å²) in [5.74, 6) is 0.611. The van der Waals surface area contributed by atoms with E-state index in [0.717, 1.165) is 13.0 Å². The molecule has 14 heavy (non-hydrogen) atoms. The predicted molar refractivity (Wildman–Crippen MR) is 57.0 cm³/mol. The monoisotopic (exact) mass is 196 g/mol. The molecule has 0 aliphatic heterocycles. The molecule has 0 aromatic carbocycles. The van der Waals surface area contributed by atoms with Gasteiger partial charge in [-0.2, -0.15) is 0 Å². The smallest absolute Gasteiger partial charge is 0.146 e. The van der Waals surface area contributed by atoms with E-state index < -0.39 is 0 Å². The molecule has 80 valence electrons. The minimum Gasteiger partial charge on any atom is -0.359 e. The van der Waals surface area contributed by atoms with Gasteiger partial charge >= 0.3 is 0 Å². The molecule has 0 bridgehead atoms. The van der Waals surface area contributed by atoms with E-state index in [1.807, 2.05) is 13.0 Å². The molecule has 1 unspecified atom stereocenters. The zero-order chi connectivity index (χ0) is 10.6. The third-order valence-corrected chi connectivity index (χ3v) is 3.09. The largest absolute Gasteiger partial charge is 0.359 e. The molecular formula is C12H20O2. The molecule has 1 rings (SSSR count). The van der Waals surface area contributed by atoms with Gasteiger partial charge < -0.3 is 9.47 Å². The van der Waals surface area contributed by atoms with Crippen LogP contribution < -0.4 is 0 Å². The van der Waals surface area contributed by atoms with Crippen molar-refractivity contribution in [1.82, 2.24) is 0 Å². The topological polar surface area (TPSA) is 18.5 Å². The van der Waals surface area contributed by atoms with Crippen LogP contribution in [0.5, 0.6) is 0 Å². The molecule has 0 N–H and O–H groups in total. The molecule has 2 heteroatoms. The lowest BCUT2D eigenvalue weighted by molar-refractivity contribution is -0.0659. The first kappa shape index (κ1) is 11.5. The van der Waals surface area contributed by atoms with E-state index in [2.05, 4.69) is 19.6 Å². The summed E-state index contributed by atoms with van der Waals surface area (Å²) in [6.45, 7) is 7.70. The van der Waals surface area contributed by atoms with Gasteiger partial charge in [0.1, 0.15) is 6.79 Å². The maximum atomic E-state index is 5.38. The first-order chi connectivity index (χ1) is 6.62. The van der Waals surface area contributed by atoms with Crippen LogP contribution in [-0.2, 0) is 9.47 Å². The van der Waals surface area contributed by atoms with Gasteiger partial charge in [-0.05, 0) is 36.3 Å². The van der Waals surface area contributed by atoms with Gasteiger partial charge in [0.2, 0.25) is 0 Å². The van der Waals surface area contributed by atoms with Crippen molar-refractivity contribution in [1.29, 1.82) is 0 Å². The minimum absolute atomic E-state index is 0.250. The van der Waals surface area contributed by atoms with E-state index >= 15 is 0 Å². The summed E-state index contributed by atoms with van der Waals surface area (Å²) in [6, 6.07) is 0. The zero-order valence-corrected chi connectivity index (χ0v) is 9.59.